The minimum absolute atomic E-state index is 0.0823. The highest BCUT2D eigenvalue weighted by Crippen LogP contribution is 2.38. The minimum atomic E-state index is -0.600. The summed E-state index contributed by atoms with van der Waals surface area (Å²) in [6.45, 7) is 7.85. The van der Waals surface area contributed by atoms with E-state index in [1.165, 1.54) is 17.0 Å². The summed E-state index contributed by atoms with van der Waals surface area (Å²) in [6.07, 6.45) is 0. The lowest BCUT2D eigenvalue weighted by Gasteiger charge is -2.34. The number of thiophene rings is 1. The average molecular weight is 630 g/mol. The fourth-order valence-electron chi connectivity index (χ4n) is 5.88. The number of aryl methyl sites for hydroxylation is 1. The normalized spacial score (nSPS) is 16.1. The maximum atomic E-state index is 14.4. The molecule has 0 atom stereocenters. The van der Waals surface area contributed by atoms with Crippen LogP contribution in [0.1, 0.15) is 31.4 Å². The SMILES string of the molecule is Cc1c(CN2CCN(C(=O)c3cc4cccc(C(N)=O)c4o3)CC2)sc2c(N3CCOCC3)nc(-c3ccc(N)c(F)c3)nc12. The van der Waals surface area contributed by atoms with Crippen molar-refractivity contribution in [2.75, 3.05) is 63.1 Å². The van der Waals surface area contributed by atoms with Crippen molar-refractivity contribution >= 4 is 55.8 Å². The Hall–Kier alpha value is -4.59. The molecule has 5 heterocycles. The highest BCUT2D eigenvalue weighted by Gasteiger charge is 2.28. The van der Waals surface area contributed by atoms with E-state index in [4.69, 9.17) is 30.6 Å². The Morgan fingerprint density at radius 2 is 1.80 bits per heavy atom. The molecule has 0 radical (unpaired) electrons. The van der Waals surface area contributed by atoms with Crippen LogP contribution in [-0.2, 0) is 11.3 Å². The third-order valence-corrected chi connectivity index (χ3v) is 9.72. The predicted molar refractivity (Wildman–Crippen MR) is 171 cm³/mol. The summed E-state index contributed by atoms with van der Waals surface area (Å²) >= 11 is 1.68. The summed E-state index contributed by atoms with van der Waals surface area (Å²) in [5.74, 6) is 0.166. The van der Waals surface area contributed by atoms with Gasteiger partial charge in [0.15, 0.2) is 17.4 Å². The van der Waals surface area contributed by atoms with Crippen molar-refractivity contribution < 1.29 is 23.1 Å². The van der Waals surface area contributed by atoms with E-state index in [1.807, 2.05) is 0 Å². The van der Waals surface area contributed by atoms with Gasteiger partial charge >= 0.3 is 0 Å². The van der Waals surface area contributed by atoms with Gasteiger partial charge in [0.05, 0.1) is 34.7 Å². The first-order chi connectivity index (χ1) is 21.8. The number of para-hydroxylation sites is 1. The molecule has 13 heteroatoms. The van der Waals surface area contributed by atoms with Crippen molar-refractivity contribution in [3.63, 3.8) is 0 Å². The van der Waals surface area contributed by atoms with Crippen LogP contribution in [0.25, 0.3) is 32.6 Å². The van der Waals surface area contributed by atoms with Crippen LogP contribution in [0, 0.1) is 12.7 Å². The van der Waals surface area contributed by atoms with Crippen molar-refractivity contribution in [1.82, 2.24) is 19.8 Å². The van der Waals surface area contributed by atoms with Gasteiger partial charge in [-0.2, -0.15) is 0 Å². The summed E-state index contributed by atoms with van der Waals surface area (Å²) in [5, 5.41) is 0.665. The molecule has 2 fully saturated rings. The zero-order chi connectivity index (χ0) is 31.2. The molecule has 2 aromatic carbocycles. The second-order valence-corrected chi connectivity index (χ2v) is 12.4. The molecular weight excluding hydrogens is 597 g/mol. The van der Waals surface area contributed by atoms with Gasteiger partial charge in [-0.3, -0.25) is 14.5 Å². The number of carbonyl (C=O) groups excluding carboxylic acids is 2. The van der Waals surface area contributed by atoms with Crippen LogP contribution < -0.4 is 16.4 Å². The number of amides is 2. The molecule has 2 aliphatic rings. The van der Waals surface area contributed by atoms with Gasteiger partial charge < -0.3 is 30.4 Å². The number of nitrogen functional groups attached to an aromatic ring is 1. The van der Waals surface area contributed by atoms with Crippen LogP contribution in [-0.4, -0.2) is 84.1 Å². The summed E-state index contributed by atoms with van der Waals surface area (Å²) in [7, 11) is 0. The van der Waals surface area contributed by atoms with Crippen molar-refractivity contribution in [3.8, 4) is 11.4 Å². The number of nitrogens with two attached hydrogens (primary N) is 2. The van der Waals surface area contributed by atoms with Crippen LogP contribution in [0.2, 0.25) is 0 Å². The third-order valence-electron chi connectivity index (χ3n) is 8.46. The van der Waals surface area contributed by atoms with Gasteiger partial charge in [-0.05, 0) is 42.8 Å². The molecule has 0 saturated carbocycles. The number of hydrogen-bond acceptors (Lipinski definition) is 10. The number of halogens is 1. The molecule has 7 rings (SSSR count). The first-order valence-electron chi connectivity index (χ1n) is 14.8. The van der Waals surface area contributed by atoms with Crippen molar-refractivity contribution in [2.24, 2.45) is 5.73 Å². The molecule has 0 unspecified atom stereocenters. The van der Waals surface area contributed by atoms with Crippen LogP contribution in [0.4, 0.5) is 15.9 Å². The highest BCUT2D eigenvalue weighted by molar-refractivity contribution is 7.19. The van der Waals surface area contributed by atoms with Gasteiger partial charge in [-0.15, -0.1) is 11.3 Å². The number of anilines is 2. The molecule has 2 aliphatic heterocycles. The summed E-state index contributed by atoms with van der Waals surface area (Å²) in [4.78, 5) is 42.4. The fourth-order valence-corrected chi connectivity index (χ4v) is 7.19. The van der Waals surface area contributed by atoms with Gasteiger partial charge in [0, 0.05) is 61.6 Å². The number of piperazine rings is 1. The molecule has 4 N–H and O–H groups in total. The second kappa shape index (κ2) is 11.7. The zero-order valence-electron chi connectivity index (χ0n) is 24.7. The van der Waals surface area contributed by atoms with E-state index in [2.05, 4.69) is 16.7 Å². The highest BCUT2D eigenvalue weighted by atomic mass is 32.1. The van der Waals surface area contributed by atoms with Gasteiger partial charge in [-0.1, -0.05) is 12.1 Å². The number of primary amides is 1. The molecule has 3 aromatic heterocycles. The Kier molecular flexibility index (Phi) is 7.59. The maximum absolute atomic E-state index is 14.4. The van der Waals surface area contributed by atoms with Crippen LogP contribution in [0.5, 0.6) is 0 Å². The van der Waals surface area contributed by atoms with Crippen LogP contribution in [0.15, 0.2) is 46.9 Å². The van der Waals surface area contributed by atoms with Crippen molar-refractivity contribution in [1.29, 1.82) is 0 Å². The van der Waals surface area contributed by atoms with E-state index >= 15 is 0 Å². The number of carbonyl (C=O) groups is 2. The van der Waals surface area contributed by atoms with Crippen LogP contribution in [0.3, 0.4) is 0 Å². The molecule has 0 aliphatic carbocycles. The zero-order valence-corrected chi connectivity index (χ0v) is 25.5. The number of ether oxygens (including phenoxy) is 1. The molecule has 45 heavy (non-hydrogen) atoms. The number of rotatable bonds is 6. The van der Waals surface area contributed by atoms with E-state index in [9.17, 15) is 14.0 Å². The number of hydrogen-bond donors (Lipinski definition) is 2. The number of morpholine rings is 1. The largest absolute Gasteiger partial charge is 0.450 e. The quantitative estimate of drug-likeness (QED) is 0.266. The lowest BCUT2D eigenvalue weighted by molar-refractivity contribution is 0.0600. The molecule has 232 valence electrons. The van der Waals surface area contributed by atoms with Crippen molar-refractivity contribution in [3.05, 3.63) is 70.0 Å². The van der Waals surface area contributed by atoms with E-state index in [1.54, 1.807) is 46.6 Å². The Labute approximate surface area is 262 Å². The second-order valence-electron chi connectivity index (χ2n) is 11.3. The lowest BCUT2D eigenvalue weighted by Crippen LogP contribution is -2.48. The van der Waals surface area contributed by atoms with Gasteiger partial charge in [0.25, 0.3) is 11.8 Å². The molecule has 2 saturated heterocycles. The Morgan fingerprint density at radius 3 is 2.53 bits per heavy atom. The molecular formula is C32H32FN7O4S. The predicted octanol–water partition coefficient (Wildman–Crippen LogP) is 4.03. The Bertz CT molecular complexity index is 1940. The van der Waals surface area contributed by atoms with Gasteiger partial charge in [0.1, 0.15) is 11.4 Å². The number of fused-ring (bicyclic) bond motifs is 2. The summed E-state index contributed by atoms with van der Waals surface area (Å²) in [6, 6.07) is 11.4. The Morgan fingerprint density at radius 1 is 1.02 bits per heavy atom. The number of nitrogens with zero attached hydrogens (tertiary/aromatic N) is 5. The lowest BCUT2D eigenvalue weighted by atomic mass is 10.1. The molecule has 11 nitrogen and oxygen atoms in total. The minimum Gasteiger partial charge on any atom is -0.450 e. The Balaban J connectivity index is 1.12. The van der Waals surface area contributed by atoms with E-state index < -0.39 is 11.7 Å². The van der Waals surface area contributed by atoms with Crippen LogP contribution >= 0.6 is 11.3 Å². The summed E-state index contributed by atoms with van der Waals surface area (Å²) in [5.41, 5.74) is 14.4. The first kappa shape index (κ1) is 29.1. The molecule has 0 bridgehead atoms. The fraction of sp³-hybridized carbons (Fsp3) is 0.312. The third kappa shape index (κ3) is 5.47. The number of aromatic nitrogens is 2. The van der Waals surface area contributed by atoms with Gasteiger partial charge in [-0.25, -0.2) is 14.4 Å². The smallest absolute Gasteiger partial charge is 0.289 e. The molecule has 0 spiro atoms. The average Bonchev–Trinajstić information content (AvgIpc) is 3.63. The summed E-state index contributed by atoms with van der Waals surface area (Å²) < 4.78 is 26.8. The monoisotopic (exact) mass is 629 g/mol. The maximum Gasteiger partial charge on any atom is 0.289 e. The van der Waals surface area contributed by atoms with Crippen molar-refractivity contribution in [2.45, 2.75) is 13.5 Å². The topological polar surface area (TPSA) is 144 Å². The van der Waals surface area contributed by atoms with Gasteiger partial charge in [0.2, 0.25) is 0 Å². The molecule has 5 aromatic rings. The van der Waals surface area contributed by atoms with E-state index in [0.29, 0.717) is 81.4 Å². The van der Waals surface area contributed by atoms with E-state index in [0.717, 1.165) is 21.6 Å². The number of benzene rings is 2. The molecule has 2 amide bonds. The standard InChI is InChI=1S/C32H32FN7O4S/c1-18-25(17-38-7-9-40(10-8-38)32(42)24-16-19-3-2-4-21(29(35)41)27(19)44-24)45-28-26(18)36-30(20-5-6-23(34)22(33)15-20)37-31(28)39-11-13-43-14-12-39/h2-6,15-16H,7-14,17,34H2,1H3,(H2,35,41). The number of furan rings is 1. The van der Waals surface area contributed by atoms with E-state index in [-0.39, 0.29) is 22.9 Å². The first-order valence-corrected chi connectivity index (χ1v) is 15.6.